The Morgan fingerprint density at radius 2 is 2.29 bits per heavy atom. The Labute approximate surface area is 99.9 Å². The first-order valence-electron chi connectivity index (χ1n) is 5.70. The van der Waals surface area contributed by atoms with Crippen molar-refractivity contribution < 1.29 is 0 Å². The van der Waals surface area contributed by atoms with Crippen LogP contribution in [0, 0.1) is 0 Å². The van der Waals surface area contributed by atoms with E-state index in [2.05, 4.69) is 27.2 Å². The Bertz CT molecular complexity index is 452. The summed E-state index contributed by atoms with van der Waals surface area (Å²) >= 11 is 0. The minimum Gasteiger partial charge on any atom is -0.324 e. The maximum absolute atomic E-state index is 6.10. The summed E-state index contributed by atoms with van der Waals surface area (Å²) in [5.41, 5.74) is 7.07. The molecular formula is C11H16N6. The topological polar surface area (TPSA) is 82.5 Å². The van der Waals surface area contributed by atoms with Gasteiger partial charge in [0, 0.05) is 25.2 Å². The number of rotatable bonds is 5. The van der Waals surface area contributed by atoms with Gasteiger partial charge in [-0.2, -0.15) is 15.3 Å². The molecule has 1 atom stereocenters. The quantitative estimate of drug-likeness (QED) is 0.821. The number of hydrogen-bond acceptors (Lipinski definition) is 5. The fourth-order valence-electron chi connectivity index (χ4n) is 1.68. The summed E-state index contributed by atoms with van der Waals surface area (Å²) in [6, 6.07) is 1.75. The molecule has 0 aliphatic rings. The molecule has 0 spiro atoms. The van der Waals surface area contributed by atoms with E-state index in [1.807, 2.05) is 10.7 Å². The van der Waals surface area contributed by atoms with Gasteiger partial charge in [-0.15, -0.1) is 0 Å². The van der Waals surface area contributed by atoms with Crippen LogP contribution >= 0.6 is 0 Å². The van der Waals surface area contributed by atoms with Gasteiger partial charge in [-0.05, 0) is 18.1 Å². The van der Waals surface area contributed by atoms with Crippen molar-refractivity contribution in [3.8, 4) is 0 Å². The molecule has 0 aromatic carbocycles. The molecular weight excluding hydrogens is 216 g/mol. The lowest BCUT2D eigenvalue weighted by Crippen LogP contribution is -2.17. The van der Waals surface area contributed by atoms with Gasteiger partial charge in [0.25, 0.3) is 0 Å². The minimum atomic E-state index is -0.120. The average molecular weight is 232 g/mol. The van der Waals surface area contributed by atoms with Crippen molar-refractivity contribution in [1.29, 1.82) is 0 Å². The van der Waals surface area contributed by atoms with Gasteiger partial charge in [-0.25, -0.2) is 4.98 Å². The lowest BCUT2D eigenvalue weighted by molar-refractivity contribution is 0.547. The molecule has 6 nitrogen and oxygen atoms in total. The van der Waals surface area contributed by atoms with E-state index in [1.54, 1.807) is 18.7 Å². The molecule has 0 saturated heterocycles. The van der Waals surface area contributed by atoms with Crippen LogP contribution in [0.25, 0.3) is 0 Å². The van der Waals surface area contributed by atoms with Gasteiger partial charge in [-0.3, -0.25) is 4.68 Å². The molecule has 0 bridgehead atoms. The highest BCUT2D eigenvalue weighted by molar-refractivity contribution is 5.12. The van der Waals surface area contributed by atoms with Crippen LogP contribution in [-0.4, -0.2) is 25.0 Å². The first kappa shape index (κ1) is 11.7. The summed E-state index contributed by atoms with van der Waals surface area (Å²) in [6.07, 6.45) is 6.59. The summed E-state index contributed by atoms with van der Waals surface area (Å²) in [6.45, 7) is 2.98. The minimum absolute atomic E-state index is 0.120. The van der Waals surface area contributed by atoms with E-state index in [0.717, 1.165) is 24.4 Å². The number of aromatic nitrogens is 5. The van der Waals surface area contributed by atoms with Crippen LogP contribution in [0.15, 0.2) is 24.8 Å². The smallest absolute Gasteiger partial charge is 0.138 e. The van der Waals surface area contributed by atoms with E-state index in [1.165, 1.54) is 0 Å². The monoisotopic (exact) mass is 232 g/mol. The Kier molecular flexibility index (Phi) is 3.77. The average Bonchev–Trinajstić information content (AvgIpc) is 2.78. The van der Waals surface area contributed by atoms with Crippen LogP contribution in [0.5, 0.6) is 0 Å². The fraction of sp³-hybridized carbons (Fsp3) is 0.455. The van der Waals surface area contributed by atoms with Crippen molar-refractivity contribution in [3.63, 3.8) is 0 Å². The highest BCUT2D eigenvalue weighted by Gasteiger charge is 2.11. The molecule has 6 heteroatoms. The van der Waals surface area contributed by atoms with Crippen molar-refractivity contribution in [1.82, 2.24) is 25.0 Å². The predicted molar refractivity (Wildman–Crippen MR) is 63.0 cm³/mol. The molecule has 2 N–H and O–H groups in total. The van der Waals surface area contributed by atoms with Crippen LogP contribution < -0.4 is 5.73 Å². The van der Waals surface area contributed by atoms with E-state index in [-0.39, 0.29) is 6.04 Å². The van der Waals surface area contributed by atoms with Gasteiger partial charge in [0.2, 0.25) is 0 Å². The number of aryl methyl sites for hydroxylation is 1. The SMILES string of the molecule is CCCn1ncnc1CC(N)c1ccnnc1. The zero-order chi connectivity index (χ0) is 12.1. The molecule has 2 aromatic heterocycles. The summed E-state index contributed by atoms with van der Waals surface area (Å²) in [4.78, 5) is 4.24. The van der Waals surface area contributed by atoms with Crippen molar-refractivity contribution in [2.24, 2.45) is 5.73 Å². The molecule has 0 fully saturated rings. The van der Waals surface area contributed by atoms with E-state index in [9.17, 15) is 0 Å². The standard InChI is InChI=1S/C11H16N6/c1-2-5-17-11(13-8-16-17)6-10(12)9-3-4-14-15-7-9/h3-4,7-8,10H,2,5-6,12H2,1H3. The first-order valence-corrected chi connectivity index (χ1v) is 5.70. The maximum atomic E-state index is 6.10. The lowest BCUT2D eigenvalue weighted by atomic mass is 10.1. The zero-order valence-electron chi connectivity index (χ0n) is 9.82. The van der Waals surface area contributed by atoms with Crippen LogP contribution in [0.1, 0.15) is 30.8 Å². The van der Waals surface area contributed by atoms with Gasteiger partial charge in [0.05, 0.1) is 6.20 Å². The van der Waals surface area contributed by atoms with Crippen molar-refractivity contribution in [2.45, 2.75) is 32.4 Å². The predicted octanol–water partition coefficient (Wildman–Crippen LogP) is 0.721. The Morgan fingerprint density at radius 1 is 1.41 bits per heavy atom. The molecule has 17 heavy (non-hydrogen) atoms. The largest absolute Gasteiger partial charge is 0.324 e. The van der Waals surface area contributed by atoms with Crippen LogP contribution in [0.2, 0.25) is 0 Å². The number of hydrogen-bond donors (Lipinski definition) is 1. The highest BCUT2D eigenvalue weighted by Crippen LogP contribution is 2.12. The van der Waals surface area contributed by atoms with Gasteiger partial charge >= 0.3 is 0 Å². The summed E-state index contributed by atoms with van der Waals surface area (Å²) in [7, 11) is 0. The van der Waals surface area contributed by atoms with Gasteiger partial charge in [0.15, 0.2) is 0 Å². The number of nitrogens with two attached hydrogens (primary N) is 1. The fourth-order valence-corrected chi connectivity index (χ4v) is 1.68. The van der Waals surface area contributed by atoms with E-state index < -0.39 is 0 Å². The Balaban J connectivity index is 2.08. The molecule has 2 heterocycles. The zero-order valence-corrected chi connectivity index (χ0v) is 9.82. The second kappa shape index (κ2) is 5.49. The van der Waals surface area contributed by atoms with Crippen LogP contribution in [0.4, 0.5) is 0 Å². The molecule has 2 aromatic rings. The molecule has 0 aliphatic carbocycles. The molecule has 0 aliphatic heterocycles. The van der Waals surface area contributed by atoms with Crippen LogP contribution in [-0.2, 0) is 13.0 Å². The summed E-state index contributed by atoms with van der Waals surface area (Å²) < 4.78 is 1.90. The van der Waals surface area contributed by atoms with Crippen molar-refractivity contribution in [3.05, 3.63) is 36.2 Å². The maximum Gasteiger partial charge on any atom is 0.138 e. The molecule has 0 saturated carbocycles. The van der Waals surface area contributed by atoms with Crippen LogP contribution in [0.3, 0.4) is 0 Å². The highest BCUT2D eigenvalue weighted by atomic mass is 15.3. The van der Waals surface area contributed by atoms with Gasteiger partial charge < -0.3 is 5.73 Å². The lowest BCUT2D eigenvalue weighted by Gasteiger charge is -2.11. The second-order valence-electron chi connectivity index (χ2n) is 3.89. The van der Waals surface area contributed by atoms with E-state index in [0.29, 0.717) is 6.42 Å². The van der Waals surface area contributed by atoms with E-state index in [4.69, 9.17) is 5.73 Å². The van der Waals surface area contributed by atoms with Crippen molar-refractivity contribution in [2.75, 3.05) is 0 Å². The Morgan fingerprint density at radius 3 is 3.00 bits per heavy atom. The molecule has 0 amide bonds. The summed E-state index contributed by atoms with van der Waals surface area (Å²) in [5, 5.41) is 11.7. The number of nitrogens with zero attached hydrogens (tertiary/aromatic N) is 5. The Hall–Kier alpha value is -1.82. The summed E-state index contributed by atoms with van der Waals surface area (Å²) in [5.74, 6) is 0.913. The molecule has 1 unspecified atom stereocenters. The van der Waals surface area contributed by atoms with Gasteiger partial charge in [0.1, 0.15) is 12.2 Å². The molecule has 2 rings (SSSR count). The van der Waals surface area contributed by atoms with E-state index >= 15 is 0 Å². The third-order valence-corrected chi connectivity index (χ3v) is 2.57. The third kappa shape index (κ3) is 2.85. The molecule has 90 valence electrons. The molecule has 0 radical (unpaired) electrons. The third-order valence-electron chi connectivity index (χ3n) is 2.57. The van der Waals surface area contributed by atoms with Crippen molar-refractivity contribution >= 4 is 0 Å². The van der Waals surface area contributed by atoms with Gasteiger partial charge in [-0.1, -0.05) is 6.92 Å². The second-order valence-corrected chi connectivity index (χ2v) is 3.89. The normalized spacial score (nSPS) is 12.6. The first-order chi connectivity index (χ1) is 8.31.